The Morgan fingerprint density at radius 2 is 1.75 bits per heavy atom. The molecule has 1 aromatic rings. The summed E-state index contributed by atoms with van der Waals surface area (Å²) in [5.41, 5.74) is 2.18. The van der Waals surface area contributed by atoms with Gasteiger partial charge in [0.2, 0.25) is 0 Å². The van der Waals surface area contributed by atoms with Crippen LogP contribution in [0.25, 0.3) is 0 Å². The lowest BCUT2D eigenvalue weighted by Gasteiger charge is -2.28. The largest absolute Gasteiger partial charge is 0.370 e. The number of ether oxygens (including phenoxy) is 1. The van der Waals surface area contributed by atoms with E-state index in [1.54, 1.807) is 0 Å². The predicted octanol–water partition coefficient (Wildman–Crippen LogP) is 4.40. The van der Waals surface area contributed by atoms with E-state index in [1.807, 2.05) is 12.1 Å². The Bertz CT molecular complexity index is 479. The first kappa shape index (κ1) is 13.6. The lowest BCUT2D eigenvalue weighted by molar-refractivity contribution is 0.287. The van der Waals surface area contributed by atoms with Crippen molar-refractivity contribution >= 4 is 0 Å². The second-order valence-electron chi connectivity index (χ2n) is 6.41. The Hall–Kier alpha value is -1.33. The van der Waals surface area contributed by atoms with E-state index >= 15 is 0 Å². The Balaban J connectivity index is 1.46. The molecule has 3 rings (SSSR count). The second-order valence-corrected chi connectivity index (χ2v) is 6.41. The molecule has 2 aliphatic rings. The maximum absolute atomic E-state index is 8.84. The van der Waals surface area contributed by atoms with Gasteiger partial charge in [0.1, 0.15) is 0 Å². The quantitative estimate of drug-likeness (QED) is 0.760. The summed E-state index contributed by atoms with van der Waals surface area (Å²) in [6, 6.07) is 10.4. The lowest BCUT2D eigenvalue weighted by Crippen LogP contribution is -2.14. The number of hydrogen-bond acceptors (Lipinski definition) is 2. The highest BCUT2D eigenvalue weighted by Crippen LogP contribution is 2.39. The number of hydrogen-bond donors (Lipinski definition) is 0. The molecule has 2 nitrogen and oxygen atoms in total. The van der Waals surface area contributed by atoms with Crippen molar-refractivity contribution in [1.82, 2.24) is 0 Å². The molecule has 2 atom stereocenters. The molecule has 0 N–H and O–H groups in total. The van der Waals surface area contributed by atoms with Crippen molar-refractivity contribution < 1.29 is 4.74 Å². The van der Waals surface area contributed by atoms with Crippen molar-refractivity contribution in [1.29, 1.82) is 5.26 Å². The van der Waals surface area contributed by atoms with Crippen molar-refractivity contribution in [2.75, 3.05) is 0 Å². The van der Waals surface area contributed by atoms with Gasteiger partial charge in [-0.15, -0.1) is 0 Å². The zero-order valence-corrected chi connectivity index (χ0v) is 12.2. The maximum Gasteiger partial charge on any atom is 0.0991 e. The van der Waals surface area contributed by atoms with Crippen LogP contribution in [-0.2, 0) is 4.74 Å². The third-order valence-electron chi connectivity index (χ3n) is 5.05. The average molecular weight is 269 g/mol. The van der Waals surface area contributed by atoms with Gasteiger partial charge in [-0.25, -0.2) is 0 Å². The summed E-state index contributed by atoms with van der Waals surface area (Å²) in [7, 11) is 0. The zero-order valence-electron chi connectivity index (χ0n) is 12.2. The molecule has 1 aliphatic heterocycles. The Kier molecular flexibility index (Phi) is 4.08. The molecule has 20 heavy (non-hydrogen) atoms. The fourth-order valence-electron chi connectivity index (χ4n) is 3.55. The fraction of sp³-hybridized carbons (Fsp3) is 0.611. The van der Waals surface area contributed by atoms with E-state index in [9.17, 15) is 0 Å². The van der Waals surface area contributed by atoms with Crippen LogP contribution in [0.2, 0.25) is 0 Å². The summed E-state index contributed by atoms with van der Waals surface area (Å²) in [5.74, 6) is 1.61. The van der Waals surface area contributed by atoms with E-state index in [4.69, 9.17) is 10.00 Å². The summed E-state index contributed by atoms with van der Waals surface area (Å²) in [6.45, 7) is 2.17. The molecular weight excluding hydrogens is 246 g/mol. The molecule has 1 aliphatic carbocycles. The van der Waals surface area contributed by atoms with Crippen LogP contribution in [0.4, 0.5) is 0 Å². The molecule has 106 valence electrons. The maximum atomic E-state index is 8.84. The molecule has 0 spiro atoms. The van der Waals surface area contributed by atoms with Crippen molar-refractivity contribution in [3.05, 3.63) is 35.4 Å². The minimum Gasteiger partial charge on any atom is -0.370 e. The van der Waals surface area contributed by atoms with Crippen molar-refractivity contribution in [3.63, 3.8) is 0 Å². The van der Waals surface area contributed by atoms with Gasteiger partial charge in [0.15, 0.2) is 0 Å². The third kappa shape index (κ3) is 3.22. The molecule has 0 amide bonds. The first-order valence-electron chi connectivity index (χ1n) is 7.92. The molecule has 1 aromatic carbocycles. The first-order chi connectivity index (χ1) is 9.76. The van der Waals surface area contributed by atoms with Crippen LogP contribution in [0, 0.1) is 17.2 Å². The highest BCUT2D eigenvalue weighted by molar-refractivity contribution is 5.33. The van der Waals surface area contributed by atoms with E-state index in [1.165, 1.54) is 44.1 Å². The Morgan fingerprint density at radius 3 is 2.30 bits per heavy atom. The molecule has 1 saturated heterocycles. The molecule has 0 aromatic heterocycles. The van der Waals surface area contributed by atoms with Gasteiger partial charge in [-0.3, -0.25) is 0 Å². The molecule has 0 radical (unpaired) electrons. The molecular formula is C18H23NO. The molecule has 1 heterocycles. The van der Waals surface area contributed by atoms with Gasteiger partial charge in [-0.2, -0.15) is 5.26 Å². The van der Waals surface area contributed by atoms with Gasteiger partial charge in [-0.1, -0.05) is 12.1 Å². The molecule has 2 fully saturated rings. The van der Waals surface area contributed by atoms with Gasteiger partial charge in [0.05, 0.1) is 23.8 Å². The minimum absolute atomic E-state index is 0.519. The lowest BCUT2D eigenvalue weighted by atomic mass is 9.77. The van der Waals surface area contributed by atoms with Crippen LogP contribution in [-0.4, -0.2) is 12.2 Å². The molecule has 2 unspecified atom stereocenters. The van der Waals surface area contributed by atoms with Gasteiger partial charge >= 0.3 is 0 Å². The van der Waals surface area contributed by atoms with E-state index in [2.05, 4.69) is 25.1 Å². The van der Waals surface area contributed by atoms with Crippen molar-refractivity contribution in [2.24, 2.45) is 5.92 Å². The van der Waals surface area contributed by atoms with E-state index in [0.717, 1.165) is 11.5 Å². The minimum atomic E-state index is 0.519. The number of benzene rings is 1. The number of nitriles is 1. The highest BCUT2D eigenvalue weighted by Gasteiger charge is 2.34. The Morgan fingerprint density at radius 1 is 1.10 bits per heavy atom. The van der Waals surface area contributed by atoms with E-state index in [-0.39, 0.29) is 0 Å². The zero-order chi connectivity index (χ0) is 13.9. The summed E-state index contributed by atoms with van der Waals surface area (Å²) in [4.78, 5) is 0. The van der Waals surface area contributed by atoms with Crippen molar-refractivity contribution in [3.8, 4) is 6.07 Å². The van der Waals surface area contributed by atoms with Crippen LogP contribution in [0.3, 0.4) is 0 Å². The monoisotopic (exact) mass is 269 g/mol. The van der Waals surface area contributed by atoms with Gasteiger partial charge in [0, 0.05) is 0 Å². The topological polar surface area (TPSA) is 36.3 Å². The molecule has 1 saturated carbocycles. The SMILES string of the molecule is CC1OC1CCC1CCC(c2ccc(C#N)cc2)CC1. The third-order valence-corrected chi connectivity index (χ3v) is 5.05. The van der Waals surface area contributed by atoms with E-state index in [0.29, 0.717) is 18.1 Å². The number of nitrogens with zero attached hydrogens (tertiary/aromatic N) is 1. The van der Waals surface area contributed by atoms with Gasteiger partial charge in [-0.05, 0) is 75.0 Å². The highest BCUT2D eigenvalue weighted by atomic mass is 16.6. The summed E-state index contributed by atoms with van der Waals surface area (Å²) >= 11 is 0. The van der Waals surface area contributed by atoms with Crippen LogP contribution < -0.4 is 0 Å². The van der Waals surface area contributed by atoms with Gasteiger partial charge in [0.25, 0.3) is 0 Å². The Labute approximate surface area is 121 Å². The van der Waals surface area contributed by atoms with Crippen LogP contribution in [0.15, 0.2) is 24.3 Å². The van der Waals surface area contributed by atoms with Crippen molar-refractivity contribution in [2.45, 2.75) is 63.6 Å². The molecule has 2 heteroatoms. The number of epoxide rings is 1. The smallest absolute Gasteiger partial charge is 0.0991 e. The number of rotatable bonds is 4. The molecule has 0 bridgehead atoms. The summed E-state index contributed by atoms with van der Waals surface area (Å²) < 4.78 is 5.49. The second kappa shape index (κ2) is 5.97. The standard InChI is InChI=1S/C18H23NO/c1-13-18(20-13)11-6-14-2-7-16(8-3-14)17-9-4-15(12-19)5-10-17/h4-5,9-10,13-14,16,18H,2-3,6-8,11H2,1H3. The fourth-order valence-corrected chi connectivity index (χ4v) is 3.55. The van der Waals surface area contributed by atoms with E-state index < -0.39 is 0 Å². The van der Waals surface area contributed by atoms with Gasteiger partial charge < -0.3 is 4.74 Å². The summed E-state index contributed by atoms with van der Waals surface area (Å²) in [5, 5.41) is 8.84. The van der Waals surface area contributed by atoms with Crippen LogP contribution in [0.1, 0.15) is 62.5 Å². The summed E-state index contributed by atoms with van der Waals surface area (Å²) in [6.07, 6.45) is 8.99. The predicted molar refractivity (Wildman–Crippen MR) is 79.4 cm³/mol. The normalized spacial score (nSPS) is 32.6. The average Bonchev–Trinajstić information content (AvgIpc) is 3.21. The first-order valence-corrected chi connectivity index (χ1v) is 7.92. The van der Waals surface area contributed by atoms with Crippen LogP contribution >= 0.6 is 0 Å². The van der Waals surface area contributed by atoms with Crippen LogP contribution in [0.5, 0.6) is 0 Å².